The fourth-order valence-electron chi connectivity index (χ4n) is 9.90. The van der Waals surface area contributed by atoms with Gasteiger partial charge >= 0.3 is 0 Å². The Bertz CT molecular complexity index is 950. The van der Waals surface area contributed by atoms with E-state index in [9.17, 15) is 10.2 Å². The van der Waals surface area contributed by atoms with Crippen LogP contribution in [-0.4, -0.2) is 53.1 Å². The van der Waals surface area contributed by atoms with E-state index in [1.165, 1.54) is 45.2 Å². The van der Waals surface area contributed by atoms with Crippen LogP contribution in [-0.2, 0) is 10.3 Å². The second kappa shape index (κ2) is 9.23. The van der Waals surface area contributed by atoms with Crippen LogP contribution < -0.4 is 0 Å². The predicted octanol–water partition coefficient (Wildman–Crippen LogP) is 6.17. The van der Waals surface area contributed by atoms with E-state index in [0.29, 0.717) is 35.8 Å². The number of nitrogens with zero attached hydrogens (tertiary/aromatic N) is 1. The van der Waals surface area contributed by atoms with Gasteiger partial charge in [-0.3, -0.25) is 0 Å². The Hall–Kier alpha value is -0.650. The molecule has 0 amide bonds. The zero-order valence-electron chi connectivity index (χ0n) is 22.4. The molecule has 5 heteroatoms. The molecule has 0 radical (unpaired) electrons. The highest BCUT2D eigenvalue weighted by Gasteiger charge is 2.72. The summed E-state index contributed by atoms with van der Waals surface area (Å²) in [4.78, 5) is 2.55. The number of rotatable bonds is 5. The summed E-state index contributed by atoms with van der Waals surface area (Å²) >= 11 is 6.16. The smallest absolute Gasteiger partial charge is 0.0978 e. The molecule has 0 aromatic heterocycles. The Labute approximate surface area is 222 Å². The highest BCUT2D eigenvalue weighted by Crippen LogP contribution is 2.71. The van der Waals surface area contributed by atoms with Gasteiger partial charge in [0.15, 0.2) is 0 Å². The van der Waals surface area contributed by atoms with E-state index in [-0.39, 0.29) is 11.3 Å². The third-order valence-corrected chi connectivity index (χ3v) is 12.5. The molecule has 1 aromatic rings. The predicted molar refractivity (Wildman–Crippen MR) is 144 cm³/mol. The fourth-order valence-corrected chi connectivity index (χ4v) is 10.0. The van der Waals surface area contributed by atoms with E-state index in [1.807, 2.05) is 24.3 Å². The lowest BCUT2D eigenvalue weighted by Gasteiger charge is -2.64. The first-order chi connectivity index (χ1) is 17.2. The van der Waals surface area contributed by atoms with Gasteiger partial charge in [-0.15, -0.1) is 0 Å². The van der Waals surface area contributed by atoms with E-state index in [2.05, 4.69) is 18.7 Å². The van der Waals surface area contributed by atoms with Crippen LogP contribution in [0.4, 0.5) is 0 Å². The standard InChI is InChI=1S/C31H46ClNO3/c1-28-13-11-25(36-20-19-33-17-3-4-18-33)21-23(28)7-10-27-26(28)12-14-29(2)30(34,15-16-31(27,29)35)22-5-8-24(32)9-6-22/h5-6,8-9,23,25-27,34-35H,3-4,7,10-21H2,1-2H3/t23-,25+,26+,27-,28+,29-,30+,31+/m1/s1. The van der Waals surface area contributed by atoms with Crippen LogP contribution in [0.5, 0.6) is 0 Å². The number of likely N-dealkylation sites (tertiary alicyclic amines) is 1. The van der Waals surface area contributed by atoms with Crippen LogP contribution in [0.1, 0.15) is 90.0 Å². The highest BCUT2D eigenvalue weighted by molar-refractivity contribution is 6.30. The van der Waals surface area contributed by atoms with E-state index in [1.54, 1.807) is 0 Å². The Morgan fingerprint density at radius 2 is 1.67 bits per heavy atom. The van der Waals surface area contributed by atoms with Crippen molar-refractivity contribution in [1.29, 1.82) is 0 Å². The summed E-state index contributed by atoms with van der Waals surface area (Å²) in [6.45, 7) is 9.15. The minimum Gasteiger partial charge on any atom is -0.389 e. The molecular weight excluding hydrogens is 470 g/mol. The van der Waals surface area contributed by atoms with Gasteiger partial charge in [-0.1, -0.05) is 37.6 Å². The Balaban J connectivity index is 1.17. The molecule has 8 atom stereocenters. The number of benzene rings is 1. The molecule has 36 heavy (non-hydrogen) atoms. The quantitative estimate of drug-likeness (QED) is 0.492. The summed E-state index contributed by atoms with van der Waals surface area (Å²) < 4.78 is 6.43. The zero-order valence-corrected chi connectivity index (χ0v) is 23.1. The molecule has 4 aliphatic carbocycles. The Kier molecular flexibility index (Phi) is 6.57. The molecule has 4 saturated carbocycles. The van der Waals surface area contributed by atoms with Crippen LogP contribution in [0.2, 0.25) is 5.02 Å². The number of halogens is 1. The molecule has 4 nitrogen and oxygen atoms in total. The summed E-state index contributed by atoms with van der Waals surface area (Å²) in [5, 5.41) is 25.3. The minimum atomic E-state index is -1.00. The molecule has 0 bridgehead atoms. The van der Waals surface area contributed by atoms with Crippen molar-refractivity contribution in [2.45, 2.75) is 102 Å². The Morgan fingerprint density at radius 3 is 2.42 bits per heavy atom. The SMILES string of the molecule is C[C@]12CC[C@H](OCCN3CCCC3)C[C@H]1CC[C@@H]1[C@@H]2CC[C@]2(C)[C@@](O)(c3ccc(Cl)cc3)CC[C@]12O. The van der Waals surface area contributed by atoms with Gasteiger partial charge in [0, 0.05) is 17.0 Å². The minimum absolute atomic E-state index is 0.270. The number of hydrogen-bond acceptors (Lipinski definition) is 4. The molecule has 5 aliphatic rings. The topological polar surface area (TPSA) is 52.9 Å². The summed E-state index contributed by atoms with van der Waals surface area (Å²) in [6, 6.07) is 7.68. The van der Waals surface area contributed by atoms with E-state index in [0.717, 1.165) is 44.4 Å². The second-order valence-electron chi connectivity index (χ2n) is 13.5. The molecule has 1 aromatic carbocycles. The van der Waals surface area contributed by atoms with Gasteiger partial charge in [-0.25, -0.2) is 0 Å². The largest absolute Gasteiger partial charge is 0.389 e. The lowest BCUT2D eigenvalue weighted by molar-refractivity contribution is -0.239. The van der Waals surface area contributed by atoms with Crippen molar-refractivity contribution in [2.24, 2.45) is 28.6 Å². The van der Waals surface area contributed by atoms with Crippen LogP contribution >= 0.6 is 11.6 Å². The van der Waals surface area contributed by atoms with Gasteiger partial charge in [0.25, 0.3) is 0 Å². The first kappa shape index (κ1) is 25.6. The second-order valence-corrected chi connectivity index (χ2v) is 13.9. The average Bonchev–Trinajstić information content (AvgIpc) is 3.46. The van der Waals surface area contributed by atoms with Crippen LogP contribution in [0.3, 0.4) is 0 Å². The highest BCUT2D eigenvalue weighted by atomic mass is 35.5. The molecule has 1 saturated heterocycles. The average molecular weight is 516 g/mol. The van der Waals surface area contributed by atoms with E-state index in [4.69, 9.17) is 16.3 Å². The van der Waals surface area contributed by atoms with Crippen molar-refractivity contribution >= 4 is 11.6 Å². The van der Waals surface area contributed by atoms with E-state index < -0.39 is 16.6 Å². The molecule has 2 N–H and O–H groups in total. The molecule has 1 aliphatic heterocycles. The van der Waals surface area contributed by atoms with Gasteiger partial charge in [0.1, 0.15) is 0 Å². The van der Waals surface area contributed by atoms with Crippen molar-refractivity contribution in [3.63, 3.8) is 0 Å². The van der Waals surface area contributed by atoms with Crippen molar-refractivity contribution in [3.8, 4) is 0 Å². The third-order valence-electron chi connectivity index (χ3n) is 12.2. The monoisotopic (exact) mass is 515 g/mol. The zero-order chi connectivity index (χ0) is 25.2. The first-order valence-corrected chi connectivity index (χ1v) is 15.1. The fraction of sp³-hybridized carbons (Fsp3) is 0.806. The summed E-state index contributed by atoms with van der Waals surface area (Å²) in [5.41, 5.74) is -1.17. The maximum atomic E-state index is 12.5. The number of ether oxygens (including phenoxy) is 1. The van der Waals surface area contributed by atoms with Crippen molar-refractivity contribution in [1.82, 2.24) is 4.90 Å². The van der Waals surface area contributed by atoms with Crippen LogP contribution in [0.15, 0.2) is 24.3 Å². The maximum Gasteiger partial charge on any atom is 0.0978 e. The van der Waals surface area contributed by atoms with E-state index >= 15 is 0 Å². The van der Waals surface area contributed by atoms with Gasteiger partial charge < -0.3 is 19.8 Å². The molecule has 0 unspecified atom stereocenters. The summed E-state index contributed by atoms with van der Waals surface area (Å²) in [7, 11) is 0. The third kappa shape index (κ3) is 3.76. The van der Waals surface area contributed by atoms with Crippen LogP contribution in [0, 0.1) is 28.6 Å². The summed E-state index contributed by atoms with van der Waals surface area (Å²) in [6.07, 6.45) is 12.2. The van der Waals surface area contributed by atoms with Gasteiger partial charge in [-0.2, -0.15) is 0 Å². The molecule has 0 spiro atoms. The molecule has 1 heterocycles. The lowest BCUT2D eigenvalue weighted by Crippen LogP contribution is -2.64. The molecular formula is C31H46ClNO3. The molecule has 200 valence electrons. The normalized spacial score (nSPS) is 46.8. The Morgan fingerprint density at radius 1 is 0.917 bits per heavy atom. The van der Waals surface area contributed by atoms with Crippen LogP contribution in [0.25, 0.3) is 0 Å². The van der Waals surface area contributed by atoms with Crippen molar-refractivity contribution in [3.05, 3.63) is 34.9 Å². The number of aliphatic hydroxyl groups is 2. The lowest BCUT2D eigenvalue weighted by atomic mass is 9.43. The van der Waals surface area contributed by atoms with Crippen molar-refractivity contribution < 1.29 is 14.9 Å². The number of hydrogen-bond donors (Lipinski definition) is 2. The maximum absolute atomic E-state index is 12.5. The first-order valence-electron chi connectivity index (χ1n) is 14.7. The molecule has 6 rings (SSSR count). The van der Waals surface area contributed by atoms with Crippen molar-refractivity contribution in [2.75, 3.05) is 26.2 Å². The van der Waals surface area contributed by atoms with Gasteiger partial charge in [-0.05, 0) is 125 Å². The van der Waals surface area contributed by atoms with Gasteiger partial charge in [0.2, 0.25) is 0 Å². The molecule has 5 fully saturated rings. The van der Waals surface area contributed by atoms with Gasteiger partial charge in [0.05, 0.1) is 23.9 Å². The number of fused-ring (bicyclic) bond motifs is 5. The summed E-state index contributed by atoms with van der Waals surface area (Å²) in [5.74, 6) is 1.49.